The number of nitrogens with zero attached hydrogens (tertiary/aromatic N) is 1. The predicted molar refractivity (Wildman–Crippen MR) is 67.3 cm³/mol. The molecule has 2 atom stereocenters. The van der Waals surface area contributed by atoms with Crippen molar-refractivity contribution in [1.82, 2.24) is 10.2 Å². The van der Waals surface area contributed by atoms with Crippen molar-refractivity contribution in [1.29, 1.82) is 0 Å². The molecule has 1 fully saturated rings. The summed E-state index contributed by atoms with van der Waals surface area (Å²) in [6.07, 6.45) is 8.33. The van der Waals surface area contributed by atoms with Crippen LogP contribution in [-0.2, 0) is 0 Å². The molecule has 0 bridgehead atoms. The second-order valence-corrected chi connectivity index (χ2v) is 5.07. The van der Waals surface area contributed by atoms with Gasteiger partial charge in [-0.3, -0.25) is 0 Å². The van der Waals surface area contributed by atoms with Gasteiger partial charge in [-0.05, 0) is 59.7 Å². The summed E-state index contributed by atoms with van der Waals surface area (Å²) in [4.78, 5) is 2.69. The van der Waals surface area contributed by atoms with E-state index in [-0.39, 0.29) is 0 Å². The molecule has 1 saturated heterocycles. The molecule has 1 aliphatic rings. The van der Waals surface area contributed by atoms with E-state index in [1.165, 1.54) is 51.6 Å². The molecule has 15 heavy (non-hydrogen) atoms. The Morgan fingerprint density at radius 3 is 2.87 bits per heavy atom. The molecule has 0 aromatic rings. The van der Waals surface area contributed by atoms with Crippen molar-refractivity contribution >= 4 is 0 Å². The lowest BCUT2D eigenvalue weighted by Crippen LogP contribution is -2.34. The van der Waals surface area contributed by atoms with Gasteiger partial charge in [0.05, 0.1) is 0 Å². The quantitative estimate of drug-likeness (QED) is 0.753. The molecule has 0 radical (unpaired) electrons. The first-order valence-corrected chi connectivity index (χ1v) is 6.65. The van der Waals surface area contributed by atoms with Gasteiger partial charge in [-0.2, -0.15) is 0 Å². The zero-order valence-electron chi connectivity index (χ0n) is 10.8. The molecular weight excluding hydrogens is 184 g/mol. The van der Waals surface area contributed by atoms with E-state index in [0.717, 1.165) is 6.04 Å². The van der Waals surface area contributed by atoms with Gasteiger partial charge in [-0.15, -0.1) is 0 Å². The summed E-state index contributed by atoms with van der Waals surface area (Å²) in [5.41, 5.74) is 0. The Morgan fingerprint density at radius 1 is 1.33 bits per heavy atom. The molecule has 0 saturated carbocycles. The Hall–Kier alpha value is -0.0800. The lowest BCUT2D eigenvalue weighted by molar-refractivity contribution is 0.207. The summed E-state index contributed by atoms with van der Waals surface area (Å²) in [7, 11) is 2.05. The van der Waals surface area contributed by atoms with E-state index in [9.17, 15) is 0 Å². The molecule has 0 aromatic heterocycles. The fourth-order valence-corrected chi connectivity index (χ4v) is 2.41. The van der Waals surface area contributed by atoms with Gasteiger partial charge in [0.25, 0.3) is 0 Å². The summed E-state index contributed by atoms with van der Waals surface area (Å²) in [6, 6.07) is 1.49. The molecule has 2 nitrogen and oxygen atoms in total. The number of hydrogen-bond acceptors (Lipinski definition) is 2. The monoisotopic (exact) mass is 212 g/mol. The van der Waals surface area contributed by atoms with Crippen LogP contribution in [-0.4, -0.2) is 37.1 Å². The van der Waals surface area contributed by atoms with Crippen molar-refractivity contribution in [3.8, 4) is 0 Å². The van der Waals surface area contributed by atoms with Crippen molar-refractivity contribution in [2.45, 2.75) is 64.5 Å². The Bertz CT molecular complexity index is 159. The molecule has 1 heterocycles. The normalized spacial score (nSPS) is 26.2. The van der Waals surface area contributed by atoms with Gasteiger partial charge >= 0.3 is 0 Å². The first-order chi connectivity index (χ1) is 7.24. The van der Waals surface area contributed by atoms with Gasteiger partial charge in [-0.25, -0.2) is 0 Å². The maximum Gasteiger partial charge on any atom is 0.00669 e. The first-order valence-electron chi connectivity index (χ1n) is 6.65. The van der Waals surface area contributed by atoms with Gasteiger partial charge in [0.15, 0.2) is 0 Å². The summed E-state index contributed by atoms with van der Waals surface area (Å²) in [5, 5.41) is 3.31. The van der Waals surface area contributed by atoms with Crippen LogP contribution >= 0.6 is 0 Å². The highest BCUT2D eigenvalue weighted by Crippen LogP contribution is 2.16. The van der Waals surface area contributed by atoms with Gasteiger partial charge in [0.2, 0.25) is 0 Å². The van der Waals surface area contributed by atoms with Crippen LogP contribution in [0.3, 0.4) is 0 Å². The van der Waals surface area contributed by atoms with Gasteiger partial charge < -0.3 is 10.2 Å². The third-order valence-corrected chi connectivity index (χ3v) is 3.77. The van der Waals surface area contributed by atoms with E-state index in [1.807, 2.05) is 0 Å². The third-order valence-electron chi connectivity index (χ3n) is 3.77. The van der Waals surface area contributed by atoms with Crippen LogP contribution in [0, 0.1) is 0 Å². The number of hydrogen-bond donors (Lipinski definition) is 1. The van der Waals surface area contributed by atoms with Crippen LogP contribution in [0.25, 0.3) is 0 Å². The van der Waals surface area contributed by atoms with Crippen LogP contribution in [0.4, 0.5) is 0 Å². The second-order valence-electron chi connectivity index (χ2n) is 5.07. The highest BCUT2D eigenvalue weighted by atomic mass is 15.1. The molecule has 1 rings (SSSR count). The summed E-state index contributed by atoms with van der Waals surface area (Å²) >= 11 is 0. The predicted octanol–water partition coefficient (Wildman–Crippen LogP) is 2.64. The highest BCUT2D eigenvalue weighted by molar-refractivity contribution is 4.72. The van der Waals surface area contributed by atoms with E-state index in [4.69, 9.17) is 0 Å². The second kappa shape index (κ2) is 7.24. The molecule has 1 aliphatic heterocycles. The summed E-state index contributed by atoms with van der Waals surface area (Å²) in [5.74, 6) is 0. The fourth-order valence-electron chi connectivity index (χ4n) is 2.41. The van der Waals surface area contributed by atoms with Crippen LogP contribution in [0.2, 0.25) is 0 Å². The largest absolute Gasteiger partial charge is 0.317 e. The minimum atomic E-state index is 0.673. The first kappa shape index (κ1) is 13.0. The van der Waals surface area contributed by atoms with Crippen LogP contribution in [0.5, 0.6) is 0 Å². The maximum absolute atomic E-state index is 3.31. The molecule has 90 valence electrons. The minimum absolute atomic E-state index is 0.673. The van der Waals surface area contributed by atoms with Crippen molar-refractivity contribution in [2.75, 3.05) is 20.1 Å². The van der Waals surface area contributed by atoms with E-state index in [2.05, 4.69) is 31.1 Å². The standard InChI is InChI=1S/C13H28N2/c1-12(14-3)8-7-11-15-10-6-4-5-9-13(15)2/h12-14H,4-11H2,1-3H3. The zero-order chi connectivity index (χ0) is 11.1. The lowest BCUT2D eigenvalue weighted by atomic mass is 10.1. The van der Waals surface area contributed by atoms with Crippen molar-refractivity contribution in [3.63, 3.8) is 0 Å². The molecule has 0 spiro atoms. The van der Waals surface area contributed by atoms with Gasteiger partial charge in [0, 0.05) is 12.1 Å². The molecule has 0 aromatic carbocycles. The van der Waals surface area contributed by atoms with Crippen molar-refractivity contribution in [3.05, 3.63) is 0 Å². The molecule has 0 aliphatic carbocycles. The maximum atomic E-state index is 3.31. The minimum Gasteiger partial charge on any atom is -0.317 e. The van der Waals surface area contributed by atoms with Crippen LogP contribution in [0.15, 0.2) is 0 Å². The van der Waals surface area contributed by atoms with Crippen LogP contribution in [0.1, 0.15) is 52.4 Å². The lowest BCUT2D eigenvalue weighted by Gasteiger charge is -2.27. The van der Waals surface area contributed by atoms with Gasteiger partial charge in [0.1, 0.15) is 0 Å². The molecule has 1 N–H and O–H groups in total. The fraction of sp³-hybridized carbons (Fsp3) is 1.00. The topological polar surface area (TPSA) is 15.3 Å². The average molecular weight is 212 g/mol. The van der Waals surface area contributed by atoms with Crippen molar-refractivity contribution < 1.29 is 0 Å². The number of nitrogens with one attached hydrogen (secondary N) is 1. The Kier molecular flexibility index (Phi) is 6.26. The highest BCUT2D eigenvalue weighted by Gasteiger charge is 2.15. The summed E-state index contributed by atoms with van der Waals surface area (Å²) < 4.78 is 0. The SMILES string of the molecule is CNC(C)CCCN1CCCCCC1C. The van der Waals surface area contributed by atoms with Crippen LogP contribution < -0.4 is 5.32 Å². The summed E-state index contributed by atoms with van der Waals surface area (Å²) in [6.45, 7) is 7.29. The average Bonchev–Trinajstić information content (AvgIpc) is 2.44. The molecular formula is C13H28N2. The molecule has 2 unspecified atom stereocenters. The van der Waals surface area contributed by atoms with E-state index >= 15 is 0 Å². The third kappa shape index (κ3) is 4.98. The smallest absolute Gasteiger partial charge is 0.00669 e. The van der Waals surface area contributed by atoms with Gasteiger partial charge in [-0.1, -0.05) is 12.8 Å². The number of likely N-dealkylation sites (tertiary alicyclic amines) is 1. The zero-order valence-corrected chi connectivity index (χ0v) is 10.8. The Balaban J connectivity index is 2.17. The Labute approximate surface area is 95.4 Å². The van der Waals surface area contributed by atoms with E-state index in [0.29, 0.717) is 6.04 Å². The molecule has 0 amide bonds. The molecule has 2 heteroatoms. The van der Waals surface area contributed by atoms with Crippen molar-refractivity contribution in [2.24, 2.45) is 0 Å². The van der Waals surface area contributed by atoms with E-state index in [1.54, 1.807) is 0 Å². The van der Waals surface area contributed by atoms with E-state index < -0.39 is 0 Å². The number of rotatable bonds is 5. The Morgan fingerprint density at radius 2 is 2.13 bits per heavy atom.